The Bertz CT molecular complexity index is 1000. The number of alkyl halides is 3. The van der Waals surface area contributed by atoms with Gasteiger partial charge in [-0.15, -0.1) is 0 Å². The molecule has 3 aliphatic rings. The van der Waals surface area contributed by atoms with E-state index in [-0.39, 0.29) is 12.0 Å². The fraction of sp³-hybridized carbons (Fsp3) is 0.565. The van der Waals surface area contributed by atoms with E-state index in [0.29, 0.717) is 24.2 Å². The van der Waals surface area contributed by atoms with E-state index in [4.69, 9.17) is 0 Å². The van der Waals surface area contributed by atoms with Crippen LogP contribution in [0.5, 0.6) is 0 Å². The van der Waals surface area contributed by atoms with Gasteiger partial charge in [-0.25, -0.2) is 0 Å². The molecule has 1 aromatic heterocycles. The number of nitriles is 1. The predicted octanol–water partition coefficient (Wildman–Crippen LogP) is 3.41. The zero-order valence-corrected chi connectivity index (χ0v) is 17.3. The van der Waals surface area contributed by atoms with Crippen LogP contribution in [0.4, 0.5) is 18.9 Å². The SMILES string of the molecule is N#Cc1ccc(N2CC(C(F)(F)F)[C@@H](CN3CC4(CCCNC4)C3)C2)c2cccnc12. The van der Waals surface area contributed by atoms with Gasteiger partial charge in [-0.05, 0) is 43.7 Å². The third-order valence-electron chi connectivity index (χ3n) is 7.24. The number of benzene rings is 1. The highest BCUT2D eigenvalue weighted by molar-refractivity contribution is 5.95. The van der Waals surface area contributed by atoms with Crippen molar-refractivity contribution in [2.24, 2.45) is 17.3 Å². The van der Waals surface area contributed by atoms with Crippen LogP contribution in [0.2, 0.25) is 0 Å². The van der Waals surface area contributed by atoms with Crippen molar-refractivity contribution in [3.8, 4) is 6.07 Å². The Morgan fingerprint density at radius 2 is 2.06 bits per heavy atom. The summed E-state index contributed by atoms with van der Waals surface area (Å²) in [6, 6.07) is 9.16. The molecule has 164 valence electrons. The van der Waals surface area contributed by atoms with E-state index in [1.54, 1.807) is 24.4 Å². The summed E-state index contributed by atoms with van der Waals surface area (Å²) in [6.07, 6.45) is -0.302. The van der Waals surface area contributed by atoms with Crippen LogP contribution in [0.25, 0.3) is 10.9 Å². The summed E-state index contributed by atoms with van der Waals surface area (Å²) in [5.41, 5.74) is 1.98. The maximum absolute atomic E-state index is 13.9. The molecule has 3 saturated heterocycles. The lowest BCUT2D eigenvalue weighted by atomic mass is 9.73. The Balaban J connectivity index is 1.37. The molecule has 2 aromatic rings. The number of nitrogens with zero attached hydrogens (tertiary/aromatic N) is 4. The van der Waals surface area contributed by atoms with Gasteiger partial charge in [0.25, 0.3) is 0 Å². The third kappa shape index (κ3) is 3.74. The molecule has 2 atom stereocenters. The lowest BCUT2D eigenvalue weighted by Crippen LogP contribution is -2.63. The molecular weight excluding hydrogens is 403 g/mol. The molecule has 1 spiro atoms. The van der Waals surface area contributed by atoms with Gasteiger partial charge >= 0.3 is 6.18 Å². The van der Waals surface area contributed by atoms with Gasteiger partial charge in [-0.3, -0.25) is 4.98 Å². The third-order valence-corrected chi connectivity index (χ3v) is 7.24. The number of hydrogen-bond acceptors (Lipinski definition) is 5. The minimum absolute atomic E-state index is 0.0510. The number of rotatable bonds is 3. The molecule has 5 rings (SSSR count). The van der Waals surface area contributed by atoms with E-state index < -0.39 is 18.0 Å². The number of aromatic nitrogens is 1. The van der Waals surface area contributed by atoms with Gasteiger partial charge in [0, 0.05) is 67.9 Å². The maximum Gasteiger partial charge on any atom is 0.393 e. The Kier molecular flexibility index (Phi) is 5.06. The summed E-state index contributed by atoms with van der Waals surface area (Å²) in [5.74, 6) is -1.81. The molecule has 8 heteroatoms. The van der Waals surface area contributed by atoms with Gasteiger partial charge in [-0.2, -0.15) is 18.4 Å². The van der Waals surface area contributed by atoms with Gasteiger partial charge in [0.2, 0.25) is 0 Å². The largest absolute Gasteiger partial charge is 0.393 e. The minimum Gasteiger partial charge on any atom is -0.370 e. The first-order chi connectivity index (χ1) is 14.9. The Morgan fingerprint density at radius 3 is 2.77 bits per heavy atom. The zero-order chi connectivity index (χ0) is 21.6. The van der Waals surface area contributed by atoms with Gasteiger partial charge < -0.3 is 15.1 Å². The molecule has 0 amide bonds. The van der Waals surface area contributed by atoms with Crippen LogP contribution in [-0.2, 0) is 0 Å². The average Bonchev–Trinajstić information content (AvgIpc) is 3.17. The number of likely N-dealkylation sites (tertiary alicyclic amines) is 1. The molecule has 1 unspecified atom stereocenters. The molecule has 1 aromatic carbocycles. The summed E-state index contributed by atoms with van der Waals surface area (Å²) in [4.78, 5) is 8.35. The summed E-state index contributed by atoms with van der Waals surface area (Å²) < 4.78 is 41.8. The van der Waals surface area contributed by atoms with Crippen molar-refractivity contribution in [3.63, 3.8) is 0 Å². The van der Waals surface area contributed by atoms with Crippen LogP contribution in [0, 0.1) is 28.6 Å². The quantitative estimate of drug-likeness (QED) is 0.811. The lowest BCUT2D eigenvalue weighted by molar-refractivity contribution is -0.182. The van der Waals surface area contributed by atoms with E-state index in [0.717, 1.165) is 43.7 Å². The van der Waals surface area contributed by atoms with E-state index in [1.165, 1.54) is 6.42 Å². The van der Waals surface area contributed by atoms with E-state index in [1.807, 2.05) is 11.0 Å². The van der Waals surface area contributed by atoms with E-state index >= 15 is 0 Å². The first-order valence-corrected chi connectivity index (χ1v) is 10.9. The summed E-state index contributed by atoms with van der Waals surface area (Å²) in [6.45, 7) is 4.60. The van der Waals surface area contributed by atoms with E-state index in [9.17, 15) is 18.4 Å². The molecule has 3 fully saturated rings. The van der Waals surface area contributed by atoms with Crippen LogP contribution in [0.1, 0.15) is 18.4 Å². The molecule has 31 heavy (non-hydrogen) atoms. The number of fused-ring (bicyclic) bond motifs is 1. The summed E-state index contributed by atoms with van der Waals surface area (Å²) in [5, 5.41) is 13.5. The molecule has 0 radical (unpaired) electrons. The van der Waals surface area contributed by atoms with Gasteiger partial charge in [0.05, 0.1) is 17.0 Å². The number of pyridine rings is 1. The Labute approximate surface area is 179 Å². The molecule has 0 bridgehead atoms. The van der Waals surface area contributed by atoms with Crippen LogP contribution < -0.4 is 10.2 Å². The van der Waals surface area contributed by atoms with Crippen LogP contribution in [-0.4, -0.2) is 61.9 Å². The van der Waals surface area contributed by atoms with Crippen LogP contribution in [0.3, 0.4) is 0 Å². The maximum atomic E-state index is 13.9. The second-order valence-electron chi connectivity index (χ2n) is 9.41. The molecule has 3 aliphatic heterocycles. The summed E-state index contributed by atoms with van der Waals surface area (Å²) >= 11 is 0. The first kappa shape index (κ1) is 20.5. The summed E-state index contributed by atoms with van der Waals surface area (Å²) in [7, 11) is 0. The molecule has 5 nitrogen and oxygen atoms in total. The number of piperidine rings is 1. The number of anilines is 1. The number of nitrogens with one attached hydrogen (secondary N) is 1. The zero-order valence-electron chi connectivity index (χ0n) is 17.3. The highest BCUT2D eigenvalue weighted by Crippen LogP contribution is 2.43. The average molecular weight is 429 g/mol. The minimum atomic E-state index is -4.23. The topological polar surface area (TPSA) is 55.2 Å². The predicted molar refractivity (Wildman–Crippen MR) is 113 cm³/mol. The smallest absolute Gasteiger partial charge is 0.370 e. The molecule has 1 N–H and O–H groups in total. The van der Waals surface area contributed by atoms with E-state index in [2.05, 4.69) is 21.3 Å². The molecule has 4 heterocycles. The Hall–Kier alpha value is -2.37. The first-order valence-electron chi connectivity index (χ1n) is 10.9. The fourth-order valence-corrected chi connectivity index (χ4v) is 5.81. The van der Waals surface area contributed by atoms with Crippen molar-refractivity contribution in [2.75, 3.05) is 50.7 Å². The van der Waals surface area contributed by atoms with Crippen molar-refractivity contribution in [1.29, 1.82) is 5.26 Å². The normalized spacial score (nSPS) is 26.2. The number of hydrogen-bond donors (Lipinski definition) is 1. The van der Waals surface area contributed by atoms with Crippen molar-refractivity contribution < 1.29 is 13.2 Å². The highest BCUT2D eigenvalue weighted by atomic mass is 19.4. The van der Waals surface area contributed by atoms with Crippen molar-refractivity contribution in [2.45, 2.75) is 19.0 Å². The van der Waals surface area contributed by atoms with Crippen LogP contribution >= 0.6 is 0 Å². The number of halogens is 3. The molecular formula is C23H26F3N5. The molecule has 0 saturated carbocycles. The Morgan fingerprint density at radius 1 is 1.23 bits per heavy atom. The molecule has 0 aliphatic carbocycles. The van der Waals surface area contributed by atoms with Crippen molar-refractivity contribution in [1.82, 2.24) is 15.2 Å². The van der Waals surface area contributed by atoms with Crippen molar-refractivity contribution >= 4 is 16.6 Å². The van der Waals surface area contributed by atoms with Crippen molar-refractivity contribution in [3.05, 3.63) is 36.0 Å². The second kappa shape index (κ2) is 7.64. The monoisotopic (exact) mass is 429 g/mol. The van der Waals surface area contributed by atoms with Gasteiger partial charge in [-0.1, -0.05) is 0 Å². The lowest BCUT2D eigenvalue weighted by Gasteiger charge is -2.53. The standard InChI is InChI=1S/C23H26F3N5/c24-23(25,26)19-12-31(20-5-4-16(9-27)21-18(20)3-1-8-29-21)11-17(19)10-30-14-22(15-30)6-2-7-28-13-22/h1,3-5,8,17,19,28H,2,6-7,10-15H2/t17-,19?/m0/s1. The fourth-order valence-electron chi connectivity index (χ4n) is 5.81. The second-order valence-corrected chi connectivity index (χ2v) is 9.41. The highest BCUT2D eigenvalue weighted by Gasteiger charge is 2.52. The van der Waals surface area contributed by atoms with Crippen LogP contribution in [0.15, 0.2) is 30.5 Å². The van der Waals surface area contributed by atoms with Gasteiger partial charge in [0.15, 0.2) is 0 Å². The van der Waals surface area contributed by atoms with Gasteiger partial charge in [0.1, 0.15) is 6.07 Å².